The summed E-state index contributed by atoms with van der Waals surface area (Å²) in [6.45, 7) is 0.540. The van der Waals surface area contributed by atoms with Crippen molar-refractivity contribution in [1.29, 1.82) is 0 Å². The summed E-state index contributed by atoms with van der Waals surface area (Å²) in [5.74, 6) is 0.816. The molecule has 0 fully saturated rings. The Balaban J connectivity index is 1.59. The number of non-ortho nitro benzene ring substituents is 1. The van der Waals surface area contributed by atoms with Crippen LogP contribution in [0.3, 0.4) is 0 Å². The fourth-order valence-electron chi connectivity index (χ4n) is 2.32. The van der Waals surface area contributed by atoms with Crippen molar-refractivity contribution in [1.82, 2.24) is 0 Å². The maximum absolute atomic E-state index is 10.6. The van der Waals surface area contributed by atoms with Gasteiger partial charge in [-0.3, -0.25) is 10.1 Å². The summed E-state index contributed by atoms with van der Waals surface area (Å²) in [7, 11) is 0. The first kappa shape index (κ1) is 16.5. The van der Waals surface area contributed by atoms with Gasteiger partial charge < -0.3 is 4.74 Å². The van der Waals surface area contributed by atoms with Gasteiger partial charge in [0.05, 0.1) is 4.92 Å². The molecule has 4 heteroatoms. The van der Waals surface area contributed by atoms with Gasteiger partial charge in [0.15, 0.2) is 0 Å². The normalized spacial score (nSPS) is 10.7. The summed E-state index contributed by atoms with van der Waals surface area (Å²) < 4.78 is 5.76. The molecule has 0 bridgehead atoms. The molecule has 4 nitrogen and oxygen atoms in total. The number of rotatable bonds is 6. The van der Waals surface area contributed by atoms with Crippen LogP contribution in [0.5, 0.6) is 5.75 Å². The van der Waals surface area contributed by atoms with Crippen molar-refractivity contribution in [3.05, 3.63) is 106 Å². The van der Waals surface area contributed by atoms with Crippen LogP contribution in [0, 0.1) is 10.1 Å². The zero-order chi connectivity index (χ0) is 17.5. The lowest BCUT2D eigenvalue weighted by Crippen LogP contribution is -1.94. The van der Waals surface area contributed by atoms with Gasteiger partial charge in [-0.05, 0) is 41.0 Å². The van der Waals surface area contributed by atoms with E-state index in [1.165, 1.54) is 12.1 Å². The highest BCUT2D eigenvalue weighted by molar-refractivity contribution is 5.70. The third kappa shape index (κ3) is 4.78. The fraction of sp³-hybridized carbons (Fsp3) is 0.0476. The van der Waals surface area contributed by atoms with Crippen molar-refractivity contribution in [2.75, 3.05) is 0 Å². The second kappa shape index (κ2) is 7.93. The number of hydrogen-bond donors (Lipinski definition) is 0. The summed E-state index contributed by atoms with van der Waals surface area (Å²) in [5, 5.41) is 10.6. The SMILES string of the molecule is O=[N+]([O-])c1ccc(/C=C/c2ccc(OCc3ccccc3)cc2)cc1. The van der Waals surface area contributed by atoms with Gasteiger partial charge in [-0.1, -0.05) is 54.6 Å². The van der Waals surface area contributed by atoms with E-state index in [9.17, 15) is 10.1 Å². The van der Waals surface area contributed by atoms with E-state index in [0.29, 0.717) is 6.61 Å². The topological polar surface area (TPSA) is 52.4 Å². The Morgan fingerprint density at radius 3 is 1.92 bits per heavy atom. The van der Waals surface area contributed by atoms with E-state index in [1.807, 2.05) is 66.7 Å². The average Bonchev–Trinajstić information content (AvgIpc) is 2.67. The second-order valence-electron chi connectivity index (χ2n) is 5.53. The van der Waals surface area contributed by atoms with Crippen molar-refractivity contribution in [2.45, 2.75) is 6.61 Å². The van der Waals surface area contributed by atoms with Crippen LogP contribution < -0.4 is 4.74 Å². The highest BCUT2D eigenvalue weighted by Crippen LogP contribution is 2.17. The molecule has 0 unspecified atom stereocenters. The Morgan fingerprint density at radius 1 is 0.800 bits per heavy atom. The van der Waals surface area contributed by atoms with E-state index < -0.39 is 4.92 Å². The molecular formula is C21H17NO3. The maximum Gasteiger partial charge on any atom is 0.269 e. The number of nitro benzene ring substituents is 1. The van der Waals surface area contributed by atoms with Gasteiger partial charge in [0.1, 0.15) is 12.4 Å². The molecule has 0 aliphatic carbocycles. The number of nitro groups is 1. The predicted octanol–water partition coefficient (Wildman–Crippen LogP) is 5.34. The molecule has 0 aromatic heterocycles. The first-order valence-corrected chi connectivity index (χ1v) is 7.90. The Kier molecular flexibility index (Phi) is 5.22. The van der Waals surface area contributed by atoms with Crippen molar-refractivity contribution in [2.24, 2.45) is 0 Å². The van der Waals surface area contributed by atoms with Crippen molar-refractivity contribution in [3.8, 4) is 5.75 Å². The second-order valence-corrected chi connectivity index (χ2v) is 5.53. The van der Waals surface area contributed by atoms with E-state index >= 15 is 0 Å². The van der Waals surface area contributed by atoms with E-state index in [-0.39, 0.29) is 5.69 Å². The molecule has 0 atom stereocenters. The highest BCUT2D eigenvalue weighted by Gasteiger charge is 2.02. The molecule has 0 aliphatic rings. The number of nitrogens with zero attached hydrogens (tertiary/aromatic N) is 1. The molecule has 0 heterocycles. The van der Waals surface area contributed by atoms with Gasteiger partial charge >= 0.3 is 0 Å². The van der Waals surface area contributed by atoms with Gasteiger partial charge in [0.25, 0.3) is 5.69 Å². The monoisotopic (exact) mass is 331 g/mol. The molecule has 124 valence electrons. The molecule has 0 saturated carbocycles. The van der Waals surface area contributed by atoms with E-state index in [1.54, 1.807) is 12.1 Å². The van der Waals surface area contributed by atoms with Crippen LogP contribution in [0.25, 0.3) is 12.2 Å². The van der Waals surface area contributed by atoms with E-state index in [0.717, 1.165) is 22.4 Å². The first-order valence-electron chi connectivity index (χ1n) is 7.90. The molecule has 0 saturated heterocycles. The van der Waals surface area contributed by atoms with Gasteiger partial charge in [0.2, 0.25) is 0 Å². The summed E-state index contributed by atoms with van der Waals surface area (Å²) in [5.41, 5.74) is 3.17. The molecule has 0 aliphatic heterocycles. The predicted molar refractivity (Wildman–Crippen MR) is 99.2 cm³/mol. The number of ether oxygens (including phenoxy) is 1. The molecule has 3 rings (SSSR count). The lowest BCUT2D eigenvalue weighted by Gasteiger charge is -2.06. The lowest BCUT2D eigenvalue weighted by molar-refractivity contribution is -0.384. The van der Waals surface area contributed by atoms with Crippen LogP contribution in [0.15, 0.2) is 78.9 Å². The average molecular weight is 331 g/mol. The summed E-state index contributed by atoms with van der Waals surface area (Å²) in [4.78, 5) is 10.2. The Morgan fingerprint density at radius 2 is 1.36 bits per heavy atom. The minimum Gasteiger partial charge on any atom is -0.489 e. The van der Waals surface area contributed by atoms with E-state index in [2.05, 4.69) is 0 Å². The van der Waals surface area contributed by atoms with E-state index in [4.69, 9.17) is 4.74 Å². The molecule has 0 spiro atoms. The van der Waals surface area contributed by atoms with Gasteiger partial charge in [-0.15, -0.1) is 0 Å². The van der Waals surface area contributed by atoms with Gasteiger partial charge in [-0.25, -0.2) is 0 Å². The van der Waals surface area contributed by atoms with Gasteiger partial charge in [0, 0.05) is 12.1 Å². The van der Waals surface area contributed by atoms with Gasteiger partial charge in [-0.2, -0.15) is 0 Å². The standard InChI is InChI=1S/C21H17NO3/c23-22(24)20-12-8-17(9-13-20)6-7-18-10-14-21(15-11-18)25-16-19-4-2-1-3-5-19/h1-15H,16H2/b7-6+. The third-order valence-electron chi connectivity index (χ3n) is 3.70. The minimum atomic E-state index is -0.401. The number of benzene rings is 3. The molecule has 0 N–H and O–H groups in total. The molecule has 0 amide bonds. The lowest BCUT2D eigenvalue weighted by atomic mass is 10.1. The number of hydrogen-bond acceptors (Lipinski definition) is 3. The quantitative estimate of drug-likeness (QED) is 0.348. The van der Waals surface area contributed by atoms with Crippen LogP contribution in [0.1, 0.15) is 16.7 Å². The smallest absolute Gasteiger partial charge is 0.269 e. The molecule has 3 aromatic carbocycles. The van der Waals surface area contributed by atoms with Crippen molar-refractivity contribution < 1.29 is 9.66 Å². The fourth-order valence-corrected chi connectivity index (χ4v) is 2.32. The largest absolute Gasteiger partial charge is 0.489 e. The Bertz CT molecular complexity index is 854. The summed E-state index contributed by atoms with van der Waals surface area (Å²) >= 11 is 0. The van der Waals surface area contributed by atoms with Crippen LogP contribution in [-0.2, 0) is 6.61 Å². The maximum atomic E-state index is 10.6. The first-order chi connectivity index (χ1) is 12.2. The third-order valence-corrected chi connectivity index (χ3v) is 3.70. The van der Waals surface area contributed by atoms with Crippen LogP contribution in [-0.4, -0.2) is 4.92 Å². The highest BCUT2D eigenvalue weighted by atomic mass is 16.6. The van der Waals surface area contributed by atoms with Crippen molar-refractivity contribution >= 4 is 17.8 Å². The van der Waals surface area contributed by atoms with Crippen molar-refractivity contribution in [3.63, 3.8) is 0 Å². The zero-order valence-corrected chi connectivity index (χ0v) is 13.5. The van der Waals surface area contributed by atoms with Crippen LogP contribution in [0.4, 0.5) is 5.69 Å². The zero-order valence-electron chi connectivity index (χ0n) is 13.5. The molecule has 0 radical (unpaired) electrons. The summed E-state index contributed by atoms with van der Waals surface area (Å²) in [6, 6.07) is 24.3. The minimum absolute atomic E-state index is 0.0945. The van der Waals surface area contributed by atoms with Crippen LogP contribution >= 0.6 is 0 Å². The Labute approximate surface area is 146 Å². The summed E-state index contributed by atoms with van der Waals surface area (Å²) in [6.07, 6.45) is 3.88. The van der Waals surface area contributed by atoms with Crippen LogP contribution in [0.2, 0.25) is 0 Å². The molecule has 25 heavy (non-hydrogen) atoms. The molecular weight excluding hydrogens is 314 g/mol. The molecule has 3 aromatic rings. The Hall–Kier alpha value is -3.40.